The highest BCUT2D eigenvalue weighted by Gasteiger charge is 2.62. The van der Waals surface area contributed by atoms with E-state index < -0.39 is 21.0 Å². The molecule has 15 heavy (non-hydrogen) atoms. The van der Waals surface area contributed by atoms with Gasteiger partial charge in [-0.25, -0.2) is 0 Å². The van der Waals surface area contributed by atoms with Crippen molar-refractivity contribution in [1.29, 1.82) is 0 Å². The summed E-state index contributed by atoms with van der Waals surface area (Å²) < 4.78 is 34.5. The van der Waals surface area contributed by atoms with Crippen molar-refractivity contribution in [2.24, 2.45) is 5.92 Å². The van der Waals surface area contributed by atoms with Crippen LogP contribution in [0.4, 0.5) is 0 Å². The molecule has 2 rings (SSSR count). The second-order valence-corrected chi connectivity index (χ2v) is 6.51. The van der Waals surface area contributed by atoms with Crippen LogP contribution in [-0.2, 0) is 19.0 Å². The van der Waals surface area contributed by atoms with Crippen LogP contribution in [0.2, 0.25) is 0 Å². The summed E-state index contributed by atoms with van der Waals surface area (Å²) in [5.41, 5.74) is -0.631. The highest BCUT2D eigenvalue weighted by Crippen LogP contribution is 2.46. The molecule has 0 saturated carbocycles. The lowest BCUT2D eigenvalue weighted by molar-refractivity contribution is -0.0133. The standard InChI is InChI=1S/C10H18O4S/c1-4-5-8-10(3)9(7(2)6-13-10)14-15(8,11)12/h7-9H,4-6H2,1-3H3. The van der Waals surface area contributed by atoms with Gasteiger partial charge in [-0.3, -0.25) is 4.18 Å². The Morgan fingerprint density at radius 1 is 1.47 bits per heavy atom. The molecule has 0 amide bonds. The van der Waals surface area contributed by atoms with E-state index in [4.69, 9.17) is 8.92 Å². The number of hydrogen-bond donors (Lipinski definition) is 0. The van der Waals surface area contributed by atoms with Gasteiger partial charge in [-0.1, -0.05) is 20.3 Å². The summed E-state index contributed by atoms with van der Waals surface area (Å²) in [6.45, 7) is 6.41. The molecule has 2 aliphatic rings. The summed E-state index contributed by atoms with van der Waals surface area (Å²) in [5, 5.41) is -0.495. The monoisotopic (exact) mass is 234 g/mol. The molecular formula is C10H18O4S. The van der Waals surface area contributed by atoms with Crippen molar-refractivity contribution in [3.8, 4) is 0 Å². The Kier molecular flexibility index (Phi) is 2.60. The molecule has 0 aromatic carbocycles. The minimum absolute atomic E-state index is 0.159. The van der Waals surface area contributed by atoms with Gasteiger partial charge >= 0.3 is 0 Å². The summed E-state index contributed by atoms with van der Waals surface area (Å²) in [6, 6.07) is 0. The SMILES string of the molecule is CCCC1C2(C)OCC(C)C2OS1(=O)=O. The van der Waals surface area contributed by atoms with Gasteiger partial charge in [-0.2, -0.15) is 8.42 Å². The molecular weight excluding hydrogens is 216 g/mol. The summed E-state index contributed by atoms with van der Waals surface area (Å²) in [6.07, 6.45) is 1.15. The number of rotatable bonds is 2. The van der Waals surface area contributed by atoms with Crippen LogP contribution in [-0.4, -0.2) is 32.0 Å². The molecule has 0 aliphatic carbocycles. The summed E-state index contributed by atoms with van der Waals surface area (Å²) in [4.78, 5) is 0. The molecule has 0 N–H and O–H groups in total. The Hall–Kier alpha value is -0.130. The number of fused-ring (bicyclic) bond motifs is 1. The van der Waals surface area contributed by atoms with Crippen molar-refractivity contribution in [3.63, 3.8) is 0 Å². The van der Waals surface area contributed by atoms with Crippen LogP contribution in [0.1, 0.15) is 33.6 Å². The van der Waals surface area contributed by atoms with Crippen molar-refractivity contribution in [2.75, 3.05) is 6.61 Å². The molecule has 0 bridgehead atoms. The molecule has 0 radical (unpaired) electrons. The summed E-state index contributed by atoms with van der Waals surface area (Å²) >= 11 is 0. The van der Waals surface area contributed by atoms with Crippen LogP contribution in [0.15, 0.2) is 0 Å². The van der Waals surface area contributed by atoms with E-state index in [0.29, 0.717) is 13.0 Å². The van der Waals surface area contributed by atoms with Crippen molar-refractivity contribution < 1.29 is 17.3 Å². The predicted octanol–water partition coefficient (Wildman–Crippen LogP) is 1.31. The second-order valence-electron chi connectivity index (χ2n) is 4.76. The van der Waals surface area contributed by atoms with Crippen LogP contribution in [0.3, 0.4) is 0 Å². The third kappa shape index (κ3) is 1.52. The van der Waals surface area contributed by atoms with Gasteiger partial charge in [-0.15, -0.1) is 0 Å². The minimum Gasteiger partial charge on any atom is -0.371 e. The van der Waals surface area contributed by atoms with E-state index in [2.05, 4.69) is 0 Å². The van der Waals surface area contributed by atoms with E-state index >= 15 is 0 Å². The van der Waals surface area contributed by atoms with E-state index in [0.717, 1.165) is 6.42 Å². The minimum atomic E-state index is -3.42. The molecule has 88 valence electrons. The van der Waals surface area contributed by atoms with Crippen LogP contribution in [0.5, 0.6) is 0 Å². The zero-order chi connectivity index (χ0) is 11.3. The topological polar surface area (TPSA) is 52.6 Å². The maximum absolute atomic E-state index is 11.8. The Labute approximate surface area is 91.1 Å². The van der Waals surface area contributed by atoms with Crippen molar-refractivity contribution >= 4 is 10.1 Å². The average Bonchev–Trinajstić information content (AvgIpc) is 2.52. The lowest BCUT2D eigenvalue weighted by Gasteiger charge is -2.26. The maximum atomic E-state index is 11.8. The molecule has 2 fully saturated rings. The fourth-order valence-corrected chi connectivity index (χ4v) is 4.81. The van der Waals surface area contributed by atoms with E-state index in [9.17, 15) is 8.42 Å². The van der Waals surface area contributed by atoms with E-state index in [1.165, 1.54) is 0 Å². The first-order chi connectivity index (χ1) is 6.92. The third-order valence-corrected chi connectivity index (χ3v) is 5.39. The van der Waals surface area contributed by atoms with Gasteiger partial charge in [0, 0.05) is 5.92 Å². The van der Waals surface area contributed by atoms with E-state index in [1.54, 1.807) is 0 Å². The van der Waals surface area contributed by atoms with Gasteiger partial charge in [-0.05, 0) is 13.3 Å². The predicted molar refractivity (Wildman–Crippen MR) is 56.0 cm³/mol. The smallest absolute Gasteiger partial charge is 0.273 e. The lowest BCUT2D eigenvalue weighted by Crippen LogP contribution is -2.43. The van der Waals surface area contributed by atoms with E-state index in [1.807, 2.05) is 20.8 Å². The molecule has 2 saturated heterocycles. The number of hydrogen-bond acceptors (Lipinski definition) is 4. The van der Waals surface area contributed by atoms with E-state index in [-0.39, 0.29) is 12.0 Å². The van der Waals surface area contributed by atoms with Crippen molar-refractivity contribution in [2.45, 2.75) is 50.6 Å². The molecule has 2 heterocycles. The molecule has 4 atom stereocenters. The van der Waals surface area contributed by atoms with Gasteiger partial charge < -0.3 is 4.74 Å². The van der Waals surface area contributed by atoms with Crippen LogP contribution >= 0.6 is 0 Å². The fraction of sp³-hybridized carbons (Fsp3) is 1.00. The average molecular weight is 234 g/mol. The zero-order valence-corrected chi connectivity index (χ0v) is 10.2. The van der Waals surface area contributed by atoms with Crippen LogP contribution < -0.4 is 0 Å². The van der Waals surface area contributed by atoms with Crippen molar-refractivity contribution in [3.05, 3.63) is 0 Å². The zero-order valence-electron chi connectivity index (χ0n) is 9.39. The lowest BCUT2D eigenvalue weighted by atomic mass is 9.88. The summed E-state index contributed by atoms with van der Waals surface area (Å²) in [7, 11) is -3.42. The maximum Gasteiger partial charge on any atom is 0.273 e. The normalized spacial score (nSPS) is 48.1. The first-order valence-corrected chi connectivity index (χ1v) is 6.95. The van der Waals surface area contributed by atoms with Crippen LogP contribution in [0.25, 0.3) is 0 Å². The molecule has 0 aromatic rings. The fourth-order valence-electron chi connectivity index (χ4n) is 2.70. The first kappa shape index (κ1) is 11.4. The first-order valence-electron chi connectivity index (χ1n) is 5.48. The molecule has 4 nitrogen and oxygen atoms in total. The molecule has 5 heteroatoms. The second kappa shape index (κ2) is 3.43. The largest absolute Gasteiger partial charge is 0.371 e. The highest BCUT2D eigenvalue weighted by molar-refractivity contribution is 7.87. The van der Waals surface area contributed by atoms with Gasteiger partial charge in [0.05, 0.1) is 6.61 Å². The quantitative estimate of drug-likeness (QED) is 0.676. The molecule has 0 aromatic heterocycles. The van der Waals surface area contributed by atoms with Gasteiger partial charge in [0.1, 0.15) is 17.0 Å². The summed E-state index contributed by atoms with van der Waals surface area (Å²) in [5.74, 6) is 0.159. The van der Waals surface area contributed by atoms with Gasteiger partial charge in [0.2, 0.25) is 0 Å². The van der Waals surface area contributed by atoms with Gasteiger partial charge in [0.15, 0.2) is 0 Å². The molecule has 0 spiro atoms. The Morgan fingerprint density at radius 2 is 2.13 bits per heavy atom. The Balaban J connectivity index is 2.36. The van der Waals surface area contributed by atoms with Crippen LogP contribution in [0, 0.1) is 5.92 Å². The number of ether oxygens (including phenoxy) is 1. The Morgan fingerprint density at radius 3 is 2.73 bits per heavy atom. The van der Waals surface area contributed by atoms with Crippen molar-refractivity contribution in [1.82, 2.24) is 0 Å². The Bertz CT molecular complexity index is 350. The molecule has 2 aliphatic heterocycles. The highest BCUT2D eigenvalue weighted by atomic mass is 32.2. The molecule has 4 unspecified atom stereocenters. The third-order valence-electron chi connectivity index (χ3n) is 3.52. The van der Waals surface area contributed by atoms with Gasteiger partial charge in [0.25, 0.3) is 10.1 Å².